The molecule has 0 fully saturated rings. The van der Waals surface area contributed by atoms with E-state index in [2.05, 4.69) is 23.5 Å². The number of anilines is 2. The van der Waals surface area contributed by atoms with E-state index < -0.39 is 17.9 Å². The highest BCUT2D eigenvalue weighted by Crippen LogP contribution is 2.35. The lowest BCUT2D eigenvalue weighted by molar-refractivity contribution is -0.122. The fourth-order valence-electron chi connectivity index (χ4n) is 3.73. The molecule has 5 N–H and O–H groups in total. The Balaban J connectivity index is 2.21. The average molecular weight is 528 g/mol. The maximum absolute atomic E-state index is 14.1. The van der Waals surface area contributed by atoms with Crippen LogP contribution in [0.3, 0.4) is 0 Å². The Morgan fingerprint density at radius 1 is 1.11 bits per heavy atom. The van der Waals surface area contributed by atoms with E-state index in [1.54, 1.807) is 24.3 Å². The Morgan fingerprint density at radius 3 is 2.36 bits per heavy atom. The summed E-state index contributed by atoms with van der Waals surface area (Å²) in [7, 11) is 0. The van der Waals surface area contributed by atoms with Gasteiger partial charge in [-0.3, -0.25) is 19.3 Å². The lowest BCUT2D eigenvalue weighted by atomic mass is 10.00. The van der Waals surface area contributed by atoms with Gasteiger partial charge in [0.15, 0.2) is 5.69 Å². The van der Waals surface area contributed by atoms with Crippen molar-refractivity contribution in [2.24, 2.45) is 11.7 Å². The Kier molecular flexibility index (Phi) is 8.70. The molecule has 2 aromatic carbocycles. The number of primary amides is 1. The second-order valence-corrected chi connectivity index (χ2v) is 10.2. The number of benzene rings is 2. The fourth-order valence-corrected chi connectivity index (χ4v) is 4.60. The van der Waals surface area contributed by atoms with E-state index >= 15 is 0 Å². The van der Waals surface area contributed by atoms with Gasteiger partial charge in [0.2, 0.25) is 5.91 Å². The number of rotatable bonds is 9. The van der Waals surface area contributed by atoms with Crippen molar-refractivity contribution in [3.05, 3.63) is 74.7 Å². The summed E-state index contributed by atoms with van der Waals surface area (Å²) in [5.41, 5.74) is 14.0. The van der Waals surface area contributed by atoms with Crippen LogP contribution >= 0.6 is 23.1 Å². The zero-order valence-corrected chi connectivity index (χ0v) is 22.2. The minimum atomic E-state index is -1.04. The second-order valence-electron chi connectivity index (χ2n) is 9.03. The van der Waals surface area contributed by atoms with Gasteiger partial charge in [-0.05, 0) is 72.6 Å². The molecule has 0 aliphatic carbocycles. The first-order valence-electron chi connectivity index (χ1n) is 11.5. The first kappa shape index (κ1) is 27.2. The van der Waals surface area contributed by atoms with Crippen molar-refractivity contribution in [3.63, 3.8) is 0 Å². The van der Waals surface area contributed by atoms with Crippen molar-refractivity contribution in [3.8, 4) is 0 Å². The lowest BCUT2D eigenvalue weighted by Gasteiger charge is -2.32. The molecule has 3 amide bonds. The number of nitrogens with one attached hydrogen (secondary N) is 1. The van der Waals surface area contributed by atoms with Crippen molar-refractivity contribution >= 4 is 52.2 Å². The lowest BCUT2D eigenvalue weighted by Crippen LogP contribution is -2.44. The zero-order valence-electron chi connectivity index (χ0n) is 20.7. The number of nitrogens with two attached hydrogens (primary N) is 2. The van der Waals surface area contributed by atoms with Crippen LogP contribution in [0.1, 0.15) is 63.2 Å². The topological polar surface area (TPSA) is 131 Å². The quantitative estimate of drug-likeness (QED) is 0.373. The molecule has 1 aromatic heterocycles. The second kappa shape index (κ2) is 11.5. The number of carbonyl (C=O) groups excluding carboxylic acids is 3. The summed E-state index contributed by atoms with van der Waals surface area (Å²) in [5, 5.41) is 3.47. The maximum atomic E-state index is 14.1. The van der Waals surface area contributed by atoms with Gasteiger partial charge in [-0.25, -0.2) is 0 Å². The molecule has 10 heteroatoms. The van der Waals surface area contributed by atoms with Crippen molar-refractivity contribution in [1.29, 1.82) is 0 Å². The molecule has 0 bridgehead atoms. The molecule has 0 saturated heterocycles. The van der Waals surface area contributed by atoms with Gasteiger partial charge in [0, 0.05) is 17.3 Å². The number of nitrogen functional groups attached to an aromatic ring is 1. The largest absolute Gasteiger partial charge is 0.395 e. The summed E-state index contributed by atoms with van der Waals surface area (Å²) >= 11 is 6.89. The third-order valence-corrected chi connectivity index (χ3v) is 6.81. The average Bonchev–Trinajstić information content (AvgIpc) is 3.21. The molecule has 0 unspecified atom stereocenters. The standard InChI is InChI=1S/C26H30ClN5O3S/c1-14(2)11-12-30-25(34)22(17-7-9-18(27)10-8-17)32(19-13-15(3)5-6-16(19)4)26(35)23-20(28)21(24(29)33)31-36-23/h5-10,13-14,22H,11-12,28H2,1-4H3,(H2,29,33)(H,30,34)/t22-/m0/s1. The SMILES string of the molecule is Cc1ccc(C)c(N(C(=O)c2snc(C(N)=O)c2N)[C@H](C(=O)NCCC(C)C)c2ccc(Cl)cc2)c1. The van der Waals surface area contributed by atoms with Gasteiger partial charge in [0.25, 0.3) is 11.8 Å². The van der Waals surface area contributed by atoms with Crippen LogP contribution in [-0.2, 0) is 4.79 Å². The van der Waals surface area contributed by atoms with Crippen LogP contribution in [0.5, 0.6) is 0 Å². The molecular weight excluding hydrogens is 498 g/mol. The van der Waals surface area contributed by atoms with E-state index in [4.69, 9.17) is 23.1 Å². The minimum absolute atomic E-state index is 0.0265. The molecule has 3 rings (SSSR count). The monoisotopic (exact) mass is 527 g/mol. The Hall–Kier alpha value is -3.43. The predicted octanol–water partition coefficient (Wildman–Crippen LogP) is 4.64. The number of hydrogen-bond acceptors (Lipinski definition) is 6. The van der Waals surface area contributed by atoms with Crippen LogP contribution in [0.2, 0.25) is 5.02 Å². The van der Waals surface area contributed by atoms with Crippen molar-refractivity contribution in [1.82, 2.24) is 9.69 Å². The molecule has 8 nitrogen and oxygen atoms in total. The Bertz CT molecular complexity index is 1270. The molecule has 36 heavy (non-hydrogen) atoms. The minimum Gasteiger partial charge on any atom is -0.395 e. The van der Waals surface area contributed by atoms with Crippen molar-refractivity contribution in [2.75, 3.05) is 17.2 Å². The van der Waals surface area contributed by atoms with Crippen molar-refractivity contribution in [2.45, 2.75) is 40.2 Å². The number of halogens is 1. The van der Waals surface area contributed by atoms with E-state index in [1.807, 2.05) is 32.0 Å². The summed E-state index contributed by atoms with van der Waals surface area (Å²) in [6, 6.07) is 11.4. The third kappa shape index (κ3) is 6.03. The summed E-state index contributed by atoms with van der Waals surface area (Å²) < 4.78 is 3.99. The van der Waals surface area contributed by atoms with E-state index in [9.17, 15) is 14.4 Å². The highest BCUT2D eigenvalue weighted by Gasteiger charge is 2.36. The molecule has 3 aromatic rings. The molecule has 190 valence electrons. The van der Waals surface area contributed by atoms with Crippen LogP contribution in [-0.4, -0.2) is 28.6 Å². The van der Waals surface area contributed by atoms with Gasteiger partial charge in [-0.2, -0.15) is 4.37 Å². The number of aryl methyl sites for hydroxylation is 2. The van der Waals surface area contributed by atoms with Gasteiger partial charge < -0.3 is 16.8 Å². The Morgan fingerprint density at radius 2 is 1.78 bits per heavy atom. The number of hydrogen-bond donors (Lipinski definition) is 3. The Labute approximate surface area is 219 Å². The van der Waals surface area contributed by atoms with Gasteiger partial charge in [-0.1, -0.05) is 49.7 Å². The highest BCUT2D eigenvalue weighted by molar-refractivity contribution is 7.09. The molecule has 0 radical (unpaired) electrons. The summed E-state index contributed by atoms with van der Waals surface area (Å²) in [6.07, 6.45) is 0.778. The van der Waals surface area contributed by atoms with Crippen LogP contribution < -0.4 is 21.7 Å². The van der Waals surface area contributed by atoms with Gasteiger partial charge in [0.1, 0.15) is 10.9 Å². The van der Waals surface area contributed by atoms with Gasteiger partial charge in [-0.15, -0.1) is 0 Å². The van der Waals surface area contributed by atoms with Crippen LogP contribution in [0.15, 0.2) is 42.5 Å². The summed E-state index contributed by atoms with van der Waals surface area (Å²) in [6.45, 7) is 8.34. The molecule has 0 aliphatic rings. The van der Waals surface area contributed by atoms with E-state index in [0.29, 0.717) is 28.7 Å². The first-order chi connectivity index (χ1) is 17.0. The highest BCUT2D eigenvalue weighted by atomic mass is 35.5. The number of amides is 3. The number of nitrogens with zero attached hydrogens (tertiary/aromatic N) is 2. The zero-order chi connectivity index (χ0) is 26.6. The molecule has 1 heterocycles. The molecule has 0 aliphatic heterocycles. The van der Waals surface area contributed by atoms with Crippen LogP contribution in [0, 0.1) is 19.8 Å². The van der Waals surface area contributed by atoms with Crippen LogP contribution in [0.25, 0.3) is 0 Å². The summed E-state index contributed by atoms with van der Waals surface area (Å²) in [4.78, 5) is 41.0. The van der Waals surface area contributed by atoms with Crippen molar-refractivity contribution < 1.29 is 14.4 Å². The smallest absolute Gasteiger partial charge is 0.273 e. The number of carbonyl (C=O) groups is 3. The molecule has 0 spiro atoms. The first-order valence-corrected chi connectivity index (χ1v) is 12.6. The normalized spacial score (nSPS) is 11.8. The molecule has 0 saturated carbocycles. The van der Waals surface area contributed by atoms with E-state index in [1.165, 1.54) is 4.90 Å². The maximum Gasteiger partial charge on any atom is 0.273 e. The third-order valence-electron chi connectivity index (χ3n) is 5.71. The van der Waals surface area contributed by atoms with E-state index in [-0.39, 0.29) is 22.2 Å². The number of aromatic nitrogens is 1. The molecule has 1 atom stereocenters. The predicted molar refractivity (Wildman–Crippen MR) is 144 cm³/mol. The summed E-state index contributed by atoms with van der Waals surface area (Å²) in [5.74, 6) is -1.36. The van der Waals surface area contributed by atoms with Gasteiger partial charge >= 0.3 is 0 Å². The van der Waals surface area contributed by atoms with Crippen LogP contribution in [0.4, 0.5) is 11.4 Å². The van der Waals surface area contributed by atoms with E-state index in [0.717, 1.165) is 29.1 Å². The molecular formula is C26H30ClN5O3S. The fraction of sp³-hybridized carbons (Fsp3) is 0.308. The van der Waals surface area contributed by atoms with Gasteiger partial charge in [0.05, 0.1) is 5.69 Å².